The predicted octanol–water partition coefficient (Wildman–Crippen LogP) is 8.06. The van der Waals surface area contributed by atoms with Gasteiger partial charge < -0.3 is 14.2 Å². The molecule has 6 aromatic rings. The fraction of sp³-hybridized carbons (Fsp3) is 0. The number of nitriles is 3. The topological polar surface area (TPSA) is 99.1 Å². The third kappa shape index (κ3) is 3.98. The lowest BCUT2D eigenvalue weighted by molar-refractivity contribution is 0.508. The molecule has 6 heteroatoms. The van der Waals surface area contributed by atoms with Crippen LogP contribution in [0.4, 0.5) is 0 Å². The number of hydrogen-bond donors (Lipinski definition) is 0. The molecule has 6 rings (SSSR count). The van der Waals surface area contributed by atoms with E-state index in [1.54, 1.807) is 30.7 Å². The number of rotatable bonds is 5. The van der Waals surface area contributed by atoms with Gasteiger partial charge in [-0.15, -0.1) is 15.8 Å². The quantitative estimate of drug-likeness (QED) is 0.221. The van der Waals surface area contributed by atoms with Gasteiger partial charge in [-0.05, 0) is 68.1 Å². The van der Waals surface area contributed by atoms with Crippen LogP contribution in [0.2, 0.25) is 0 Å². The standard InChI is InChI=1S/C33H17N3O3/c34-18-37-22-13-14-23-21(17-22)5-1-6-24(23)27-15-16-30(33-29(27)10-4-12-32(33)39-20-36)26-7-2-9-28-25(26)8-3-11-31(28)38-19-35/h1-17H. The van der Waals surface area contributed by atoms with Crippen LogP contribution in [0.5, 0.6) is 17.2 Å². The summed E-state index contributed by atoms with van der Waals surface area (Å²) in [5.41, 5.74) is 3.75. The third-order valence-electron chi connectivity index (χ3n) is 6.79. The minimum absolute atomic E-state index is 0.443. The van der Waals surface area contributed by atoms with Crippen LogP contribution in [-0.2, 0) is 0 Å². The Kier molecular flexibility index (Phi) is 5.87. The Labute approximate surface area is 223 Å². The van der Waals surface area contributed by atoms with Crippen molar-refractivity contribution >= 4 is 32.3 Å². The Bertz CT molecular complexity index is 2050. The lowest BCUT2D eigenvalue weighted by Crippen LogP contribution is -1.92. The number of benzene rings is 6. The molecule has 0 atom stereocenters. The molecule has 0 N–H and O–H groups in total. The molecule has 6 aromatic carbocycles. The molecule has 0 unspecified atom stereocenters. The Morgan fingerprint density at radius 3 is 1.82 bits per heavy atom. The molecule has 0 aromatic heterocycles. The zero-order chi connectivity index (χ0) is 26.8. The largest absolute Gasteiger partial charge is 0.388 e. The van der Waals surface area contributed by atoms with Crippen LogP contribution < -0.4 is 14.2 Å². The van der Waals surface area contributed by atoms with E-state index in [-0.39, 0.29) is 0 Å². The molecule has 182 valence electrons. The smallest absolute Gasteiger partial charge is 0.292 e. The number of nitrogens with zero attached hydrogens (tertiary/aromatic N) is 3. The maximum Gasteiger partial charge on any atom is 0.292 e. The molecule has 0 saturated carbocycles. The van der Waals surface area contributed by atoms with E-state index in [1.165, 1.54) is 0 Å². The number of hydrogen-bond acceptors (Lipinski definition) is 6. The summed E-state index contributed by atoms with van der Waals surface area (Å²) in [5, 5.41) is 32.8. The molecular formula is C33H17N3O3. The van der Waals surface area contributed by atoms with Crippen LogP contribution in [0.15, 0.2) is 103 Å². The number of ether oxygens (including phenoxy) is 3. The van der Waals surface area contributed by atoms with Crippen molar-refractivity contribution in [2.24, 2.45) is 0 Å². The molecule has 0 heterocycles. The van der Waals surface area contributed by atoms with E-state index in [2.05, 4.69) is 6.07 Å². The summed E-state index contributed by atoms with van der Waals surface area (Å²) in [6, 6.07) is 32.7. The highest BCUT2D eigenvalue weighted by molar-refractivity contribution is 6.14. The van der Waals surface area contributed by atoms with Crippen molar-refractivity contribution in [1.82, 2.24) is 0 Å². The van der Waals surface area contributed by atoms with Gasteiger partial charge in [0.1, 0.15) is 11.5 Å². The first kappa shape index (κ1) is 23.4. The van der Waals surface area contributed by atoms with Crippen LogP contribution in [0.25, 0.3) is 54.6 Å². The Balaban J connectivity index is 1.66. The molecule has 0 aliphatic carbocycles. The molecule has 0 aliphatic rings. The van der Waals surface area contributed by atoms with E-state index in [9.17, 15) is 5.26 Å². The molecule has 39 heavy (non-hydrogen) atoms. The Morgan fingerprint density at radius 1 is 0.436 bits per heavy atom. The van der Waals surface area contributed by atoms with Crippen LogP contribution >= 0.6 is 0 Å². The average molecular weight is 504 g/mol. The molecule has 0 saturated heterocycles. The lowest BCUT2D eigenvalue weighted by atomic mass is 9.88. The van der Waals surface area contributed by atoms with E-state index >= 15 is 0 Å². The van der Waals surface area contributed by atoms with E-state index in [0.29, 0.717) is 17.2 Å². The summed E-state index contributed by atoms with van der Waals surface area (Å²) in [6.45, 7) is 0. The SMILES string of the molecule is N#COc1ccc2c(-c3ccc(-c4cccc5c(OC#N)cccc45)c4c(OC#N)cccc34)cccc2c1. The average Bonchev–Trinajstić information content (AvgIpc) is 2.97. The minimum atomic E-state index is 0.443. The van der Waals surface area contributed by atoms with Crippen molar-refractivity contribution < 1.29 is 14.2 Å². The first-order valence-electron chi connectivity index (χ1n) is 12.0. The van der Waals surface area contributed by atoms with Crippen LogP contribution in [0, 0.1) is 34.6 Å². The van der Waals surface area contributed by atoms with Gasteiger partial charge in [0.25, 0.3) is 18.8 Å². The summed E-state index contributed by atoms with van der Waals surface area (Å²) >= 11 is 0. The van der Waals surface area contributed by atoms with Gasteiger partial charge in [0.05, 0.1) is 0 Å². The third-order valence-corrected chi connectivity index (χ3v) is 6.79. The lowest BCUT2D eigenvalue weighted by Gasteiger charge is -2.17. The molecular weight excluding hydrogens is 486 g/mol. The summed E-state index contributed by atoms with van der Waals surface area (Å²) in [5.74, 6) is 1.39. The van der Waals surface area contributed by atoms with Crippen molar-refractivity contribution in [3.63, 3.8) is 0 Å². The van der Waals surface area contributed by atoms with Gasteiger partial charge in [0.2, 0.25) is 0 Å². The zero-order valence-electron chi connectivity index (χ0n) is 20.4. The van der Waals surface area contributed by atoms with Gasteiger partial charge in [-0.2, -0.15) is 0 Å². The van der Waals surface area contributed by atoms with E-state index in [0.717, 1.165) is 54.6 Å². The highest BCUT2D eigenvalue weighted by Gasteiger charge is 2.18. The fourth-order valence-corrected chi connectivity index (χ4v) is 5.23. The zero-order valence-corrected chi connectivity index (χ0v) is 20.4. The number of fused-ring (bicyclic) bond motifs is 3. The predicted molar refractivity (Wildman–Crippen MR) is 149 cm³/mol. The van der Waals surface area contributed by atoms with Gasteiger partial charge >= 0.3 is 0 Å². The van der Waals surface area contributed by atoms with Crippen molar-refractivity contribution in [1.29, 1.82) is 15.8 Å². The maximum absolute atomic E-state index is 9.45. The van der Waals surface area contributed by atoms with Crippen LogP contribution in [-0.4, -0.2) is 0 Å². The Morgan fingerprint density at radius 2 is 1.03 bits per heavy atom. The highest BCUT2D eigenvalue weighted by atomic mass is 16.5. The maximum atomic E-state index is 9.45. The molecule has 0 bridgehead atoms. The Hall–Kier alpha value is -6.03. The first-order chi connectivity index (χ1) is 19.2. The van der Waals surface area contributed by atoms with Gasteiger partial charge in [0, 0.05) is 10.8 Å². The second-order valence-corrected chi connectivity index (χ2v) is 8.76. The molecule has 0 fully saturated rings. The second kappa shape index (κ2) is 9.79. The van der Waals surface area contributed by atoms with Crippen LogP contribution in [0.1, 0.15) is 0 Å². The van der Waals surface area contributed by atoms with E-state index in [4.69, 9.17) is 24.7 Å². The molecule has 0 amide bonds. The molecule has 0 aliphatic heterocycles. The van der Waals surface area contributed by atoms with Gasteiger partial charge in [0.15, 0.2) is 5.75 Å². The fourth-order valence-electron chi connectivity index (χ4n) is 5.23. The summed E-state index contributed by atoms with van der Waals surface area (Å²) < 4.78 is 15.7. The van der Waals surface area contributed by atoms with Crippen molar-refractivity contribution in [2.45, 2.75) is 0 Å². The summed E-state index contributed by atoms with van der Waals surface area (Å²) in [7, 11) is 0. The van der Waals surface area contributed by atoms with E-state index in [1.807, 2.05) is 85.1 Å². The van der Waals surface area contributed by atoms with Crippen molar-refractivity contribution in [3.05, 3.63) is 103 Å². The normalized spacial score (nSPS) is 10.5. The second-order valence-electron chi connectivity index (χ2n) is 8.76. The van der Waals surface area contributed by atoms with E-state index < -0.39 is 0 Å². The van der Waals surface area contributed by atoms with Crippen molar-refractivity contribution in [2.75, 3.05) is 0 Å². The van der Waals surface area contributed by atoms with Gasteiger partial charge in [-0.3, -0.25) is 0 Å². The first-order valence-corrected chi connectivity index (χ1v) is 12.0. The molecule has 6 nitrogen and oxygen atoms in total. The minimum Gasteiger partial charge on any atom is -0.388 e. The molecule has 0 radical (unpaired) electrons. The monoisotopic (exact) mass is 503 g/mol. The van der Waals surface area contributed by atoms with Crippen molar-refractivity contribution in [3.8, 4) is 58.3 Å². The van der Waals surface area contributed by atoms with Crippen LogP contribution in [0.3, 0.4) is 0 Å². The molecule has 0 spiro atoms. The summed E-state index contributed by atoms with van der Waals surface area (Å²) in [4.78, 5) is 0. The summed E-state index contributed by atoms with van der Waals surface area (Å²) in [6.07, 6.45) is 5.31. The van der Waals surface area contributed by atoms with Gasteiger partial charge in [-0.1, -0.05) is 78.9 Å². The van der Waals surface area contributed by atoms with Gasteiger partial charge in [-0.25, -0.2) is 0 Å². The highest BCUT2D eigenvalue weighted by Crippen LogP contribution is 2.44.